The van der Waals surface area contributed by atoms with Crippen LogP contribution in [0.15, 0.2) is 18.3 Å². The normalized spacial score (nSPS) is 21.2. The molecule has 3 heterocycles. The first-order valence-electron chi connectivity index (χ1n) is 6.26. The molecule has 0 saturated carbocycles. The summed E-state index contributed by atoms with van der Waals surface area (Å²) < 4.78 is 13.6. The van der Waals surface area contributed by atoms with Crippen LogP contribution in [0.2, 0.25) is 0 Å². The second-order valence-corrected chi connectivity index (χ2v) is 5.82. The number of pyridine rings is 1. The van der Waals surface area contributed by atoms with Crippen molar-refractivity contribution in [2.75, 3.05) is 5.73 Å². The quantitative estimate of drug-likeness (QED) is 0.760. The number of anilines is 1. The standard InChI is InChI=1S/C12H17BN4O2/c1-11(2)12(3,4)19-13(18-11)8-5-6-9-15-10(14)16-17(9)7-8/h5-7H,1-4H3,(H2,14,16). The summed E-state index contributed by atoms with van der Waals surface area (Å²) >= 11 is 0. The average Bonchev–Trinajstić information content (AvgIpc) is 2.74. The first-order valence-corrected chi connectivity index (χ1v) is 6.26. The van der Waals surface area contributed by atoms with Crippen molar-refractivity contribution >= 4 is 24.2 Å². The first-order chi connectivity index (χ1) is 8.78. The highest BCUT2D eigenvalue weighted by Gasteiger charge is 2.51. The van der Waals surface area contributed by atoms with Crippen molar-refractivity contribution in [1.29, 1.82) is 0 Å². The number of nitrogen functional groups attached to an aromatic ring is 1. The molecular formula is C12H17BN4O2. The van der Waals surface area contributed by atoms with Gasteiger partial charge in [0.2, 0.25) is 5.95 Å². The van der Waals surface area contributed by atoms with Crippen molar-refractivity contribution in [2.24, 2.45) is 0 Å². The number of nitrogens with zero attached hydrogens (tertiary/aromatic N) is 3. The van der Waals surface area contributed by atoms with Gasteiger partial charge in [0, 0.05) is 11.7 Å². The third-order valence-corrected chi connectivity index (χ3v) is 3.90. The van der Waals surface area contributed by atoms with Crippen LogP contribution in [0.4, 0.5) is 5.95 Å². The van der Waals surface area contributed by atoms with Crippen LogP contribution in [0, 0.1) is 0 Å². The summed E-state index contributed by atoms with van der Waals surface area (Å²) in [6.45, 7) is 8.11. The first kappa shape index (κ1) is 12.4. The molecule has 2 aromatic heterocycles. The fourth-order valence-electron chi connectivity index (χ4n) is 2.03. The minimum atomic E-state index is -0.403. The largest absolute Gasteiger partial charge is 0.496 e. The van der Waals surface area contributed by atoms with E-state index in [-0.39, 0.29) is 17.2 Å². The maximum Gasteiger partial charge on any atom is 0.496 e. The lowest BCUT2D eigenvalue weighted by atomic mass is 9.80. The van der Waals surface area contributed by atoms with E-state index in [1.807, 2.05) is 46.0 Å². The Balaban J connectivity index is 1.97. The molecule has 7 heteroatoms. The molecule has 19 heavy (non-hydrogen) atoms. The van der Waals surface area contributed by atoms with Gasteiger partial charge in [0.05, 0.1) is 11.2 Å². The van der Waals surface area contributed by atoms with E-state index in [2.05, 4.69) is 10.1 Å². The summed E-state index contributed by atoms with van der Waals surface area (Å²) in [7, 11) is -0.403. The molecule has 0 unspecified atom stereocenters. The molecule has 0 atom stereocenters. The van der Waals surface area contributed by atoms with Crippen molar-refractivity contribution in [3.8, 4) is 0 Å². The van der Waals surface area contributed by atoms with Crippen LogP contribution in [-0.2, 0) is 9.31 Å². The molecule has 1 aliphatic heterocycles. The van der Waals surface area contributed by atoms with E-state index in [9.17, 15) is 0 Å². The van der Waals surface area contributed by atoms with E-state index >= 15 is 0 Å². The Morgan fingerprint density at radius 3 is 2.42 bits per heavy atom. The van der Waals surface area contributed by atoms with Gasteiger partial charge in [0.1, 0.15) is 0 Å². The van der Waals surface area contributed by atoms with Crippen molar-refractivity contribution in [3.05, 3.63) is 18.3 Å². The Morgan fingerprint density at radius 1 is 1.16 bits per heavy atom. The number of aromatic nitrogens is 3. The average molecular weight is 260 g/mol. The zero-order valence-electron chi connectivity index (χ0n) is 11.5. The van der Waals surface area contributed by atoms with Gasteiger partial charge in [0.15, 0.2) is 5.65 Å². The fourth-order valence-corrected chi connectivity index (χ4v) is 2.03. The van der Waals surface area contributed by atoms with Gasteiger partial charge in [-0.2, -0.15) is 4.98 Å². The molecule has 0 amide bonds. The monoisotopic (exact) mass is 260 g/mol. The molecule has 1 fully saturated rings. The molecule has 100 valence electrons. The van der Waals surface area contributed by atoms with Crippen molar-refractivity contribution in [1.82, 2.24) is 14.6 Å². The summed E-state index contributed by atoms with van der Waals surface area (Å²) in [5.41, 5.74) is 6.47. The van der Waals surface area contributed by atoms with E-state index < -0.39 is 7.12 Å². The van der Waals surface area contributed by atoms with Crippen molar-refractivity contribution in [3.63, 3.8) is 0 Å². The lowest BCUT2D eigenvalue weighted by molar-refractivity contribution is 0.00578. The highest BCUT2D eigenvalue weighted by Crippen LogP contribution is 2.36. The molecule has 1 saturated heterocycles. The Labute approximate surface area is 112 Å². The molecule has 0 radical (unpaired) electrons. The summed E-state index contributed by atoms with van der Waals surface area (Å²) in [6, 6.07) is 3.77. The molecule has 3 rings (SSSR count). The molecule has 0 aromatic carbocycles. The maximum absolute atomic E-state index is 5.99. The minimum Gasteiger partial charge on any atom is -0.399 e. The molecule has 0 spiro atoms. The van der Waals surface area contributed by atoms with Crippen LogP contribution in [0.3, 0.4) is 0 Å². The second-order valence-electron chi connectivity index (χ2n) is 5.82. The van der Waals surface area contributed by atoms with Crippen molar-refractivity contribution in [2.45, 2.75) is 38.9 Å². The number of fused-ring (bicyclic) bond motifs is 1. The van der Waals surface area contributed by atoms with E-state index in [1.54, 1.807) is 4.52 Å². The molecule has 2 N–H and O–H groups in total. The van der Waals surface area contributed by atoms with Gasteiger partial charge in [-0.05, 0) is 33.8 Å². The van der Waals surface area contributed by atoms with Gasteiger partial charge in [-0.1, -0.05) is 6.07 Å². The fraction of sp³-hybridized carbons (Fsp3) is 0.500. The van der Waals surface area contributed by atoms with E-state index in [0.29, 0.717) is 5.65 Å². The SMILES string of the molecule is CC1(C)OB(c2ccc3nc(N)nn3c2)OC1(C)C. The van der Waals surface area contributed by atoms with Crippen molar-refractivity contribution < 1.29 is 9.31 Å². The molecule has 0 bridgehead atoms. The second kappa shape index (κ2) is 3.71. The summed E-state index contributed by atoms with van der Waals surface area (Å²) in [6.07, 6.45) is 1.83. The maximum atomic E-state index is 5.99. The summed E-state index contributed by atoms with van der Waals surface area (Å²) in [4.78, 5) is 4.09. The molecule has 0 aliphatic carbocycles. The molecule has 1 aliphatic rings. The third kappa shape index (κ3) is 1.89. The zero-order chi connectivity index (χ0) is 13.8. The van der Waals surface area contributed by atoms with Crippen LogP contribution in [0.5, 0.6) is 0 Å². The van der Waals surface area contributed by atoms with Crippen LogP contribution < -0.4 is 11.2 Å². The van der Waals surface area contributed by atoms with E-state index in [1.165, 1.54) is 0 Å². The highest BCUT2D eigenvalue weighted by atomic mass is 16.7. The summed E-state index contributed by atoms with van der Waals surface area (Å²) in [5, 5.41) is 4.09. The zero-order valence-corrected chi connectivity index (χ0v) is 11.5. The van der Waals surface area contributed by atoms with Gasteiger partial charge in [0.25, 0.3) is 0 Å². The van der Waals surface area contributed by atoms with Crippen LogP contribution in [0.1, 0.15) is 27.7 Å². The van der Waals surface area contributed by atoms with E-state index in [4.69, 9.17) is 15.0 Å². The molecular weight excluding hydrogens is 243 g/mol. The van der Waals surface area contributed by atoms with Gasteiger partial charge >= 0.3 is 7.12 Å². The van der Waals surface area contributed by atoms with Crippen LogP contribution in [0.25, 0.3) is 5.65 Å². The number of hydrogen-bond donors (Lipinski definition) is 1. The Morgan fingerprint density at radius 2 is 1.79 bits per heavy atom. The van der Waals surface area contributed by atoms with Crippen LogP contribution >= 0.6 is 0 Å². The molecule has 6 nitrogen and oxygen atoms in total. The smallest absolute Gasteiger partial charge is 0.399 e. The Bertz CT molecular complexity index is 622. The highest BCUT2D eigenvalue weighted by molar-refractivity contribution is 6.62. The lowest BCUT2D eigenvalue weighted by Gasteiger charge is -2.32. The van der Waals surface area contributed by atoms with Gasteiger partial charge in [-0.3, -0.25) is 0 Å². The Hall–Kier alpha value is -1.60. The predicted octanol–water partition coefficient (Wildman–Crippen LogP) is 0.611. The number of rotatable bonds is 1. The summed E-state index contributed by atoms with van der Waals surface area (Å²) in [5.74, 6) is 0.256. The lowest BCUT2D eigenvalue weighted by Crippen LogP contribution is -2.41. The predicted molar refractivity (Wildman–Crippen MR) is 73.1 cm³/mol. The third-order valence-electron chi connectivity index (χ3n) is 3.90. The van der Waals surface area contributed by atoms with Gasteiger partial charge in [-0.15, -0.1) is 5.10 Å². The minimum absolute atomic E-state index is 0.256. The van der Waals surface area contributed by atoms with Crippen LogP contribution in [-0.4, -0.2) is 32.9 Å². The Kier molecular flexibility index (Phi) is 2.43. The number of nitrogens with two attached hydrogens (primary N) is 1. The molecule has 2 aromatic rings. The van der Waals surface area contributed by atoms with E-state index in [0.717, 1.165) is 5.46 Å². The van der Waals surface area contributed by atoms with Gasteiger partial charge < -0.3 is 15.0 Å². The number of hydrogen-bond acceptors (Lipinski definition) is 5. The van der Waals surface area contributed by atoms with Gasteiger partial charge in [-0.25, -0.2) is 4.52 Å². The topological polar surface area (TPSA) is 74.7 Å².